The van der Waals surface area contributed by atoms with Crippen molar-refractivity contribution < 1.29 is 22.7 Å². The van der Waals surface area contributed by atoms with Crippen molar-refractivity contribution in [2.24, 2.45) is 4.99 Å². The van der Waals surface area contributed by atoms with Crippen LogP contribution >= 0.6 is 0 Å². The predicted octanol–water partition coefficient (Wildman–Crippen LogP) is 4.27. The second-order valence-electron chi connectivity index (χ2n) is 6.63. The SMILES string of the molecule is C=C(/N=C\N1C(C)[C@@H]1C(F)(F)F)C(=O)Nc1c(OC)ccc2c(C)cccc12. The van der Waals surface area contributed by atoms with Crippen molar-refractivity contribution in [2.75, 3.05) is 12.4 Å². The van der Waals surface area contributed by atoms with Gasteiger partial charge in [0.15, 0.2) is 0 Å². The lowest BCUT2D eigenvalue weighted by molar-refractivity contribution is -0.134. The van der Waals surface area contributed by atoms with E-state index in [2.05, 4.69) is 16.9 Å². The van der Waals surface area contributed by atoms with Crippen LogP contribution in [0.3, 0.4) is 0 Å². The summed E-state index contributed by atoms with van der Waals surface area (Å²) in [6.07, 6.45) is -3.32. The van der Waals surface area contributed by atoms with Crippen LogP contribution in [0.1, 0.15) is 12.5 Å². The van der Waals surface area contributed by atoms with Crippen LogP contribution in [-0.4, -0.2) is 42.5 Å². The maximum absolute atomic E-state index is 12.8. The van der Waals surface area contributed by atoms with E-state index in [0.717, 1.165) is 27.6 Å². The first-order chi connectivity index (χ1) is 13.1. The molecule has 5 nitrogen and oxygen atoms in total. The number of aryl methyl sites for hydroxylation is 1. The van der Waals surface area contributed by atoms with Crippen molar-refractivity contribution in [2.45, 2.75) is 32.1 Å². The lowest BCUT2D eigenvalue weighted by Crippen LogP contribution is -2.21. The number of carbonyl (C=O) groups excluding carboxylic acids is 1. The highest BCUT2D eigenvalue weighted by molar-refractivity contribution is 6.10. The minimum absolute atomic E-state index is 0.202. The Kier molecular flexibility index (Phi) is 5.06. The molecule has 1 N–H and O–H groups in total. The normalized spacial score (nSPS) is 19.1. The zero-order valence-electron chi connectivity index (χ0n) is 15.7. The Labute approximate surface area is 160 Å². The topological polar surface area (TPSA) is 53.7 Å². The van der Waals surface area contributed by atoms with E-state index >= 15 is 0 Å². The molecule has 0 spiro atoms. The van der Waals surface area contributed by atoms with Gasteiger partial charge in [0.2, 0.25) is 0 Å². The van der Waals surface area contributed by atoms with Gasteiger partial charge in [-0.15, -0.1) is 0 Å². The quantitative estimate of drug-likeness (QED) is 0.358. The van der Waals surface area contributed by atoms with Crippen molar-refractivity contribution in [1.29, 1.82) is 0 Å². The van der Waals surface area contributed by atoms with E-state index in [4.69, 9.17) is 4.74 Å². The average molecular weight is 391 g/mol. The van der Waals surface area contributed by atoms with E-state index in [0.29, 0.717) is 11.4 Å². The van der Waals surface area contributed by atoms with Crippen LogP contribution in [0.25, 0.3) is 10.8 Å². The third kappa shape index (κ3) is 3.67. The summed E-state index contributed by atoms with van der Waals surface area (Å²) in [5.74, 6) is -0.165. The fourth-order valence-corrected chi connectivity index (χ4v) is 3.17. The zero-order chi connectivity index (χ0) is 20.6. The largest absolute Gasteiger partial charge is 0.495 e. The number of amides is 1. The minimum atomic E-state index is -4.33. The number of ether oxygens (including phenoxy) is 1. The smallest absolute Gasteiger partial charge is 0.410 e. The van der Waals surface area contributed by atoms with Crippen LogP contribution in [0.15, 0.2) is 47.6 Å². The molecule has 0 bridgehead atoms. The molecule has 2 atom stereocenters. The Morgan fingerprint density at radius 2 is 2.00 bits per heavy atom. The Bertz CT molecular complexity index is 969. The van der Waals surface area contributed by atoms with E-state index in [1.54, 1.807) is 6.07 Å². The molecule has 8 heteroatoms. The molecule has 0 saturated carbocycles. The van der Waals surface area contributed by atoms with Crippen molar-refractivity contribution in [1.82, 2.24) is 4.90 Å². The second-order valence-corrected chi connectivity index (χ2v) is 6.63. The number of nitrogens with zero attached hydrogens (tertiary/aromatic N) is 2. The van der Waals surface area contributed by atoms with Gasteiger partial charge in [0.05, 0.1) is 25.2 Å². The van der Waals surface area contributed by atoms with E-state index in [1.807, 2.05) is 31.2 Å². The summed E-state index contributed by atoms with van der Waals surface area (Å²) in [7, 11) is 1.48. The van der Waals surface area contributed by atoms with E-state index in [9.17, 15) is 18.0 Å². The van der Waals surface area contributed by atoms with Crippen LogP contribution in [0.4, 0.5) is 18.9 Å². The molecular formula is C20H20F3N3O2. The van der Waals surface area contributed by atoms with Crippen molar-refractivity contribution >= 4 is 28.7 Å². The van der Waals surface area contributed by atoms with Gasteiger partial charge in [0.25, 0.3) is 5.91 Å². The first kappa shape index (κ1) is 19.7. The molecule has 0 radical (unpaired) electrons. The van der Waals surface area contributed by atoms with Gasteiger partial charge in [-0.2, -0.15) is 13.2 Å². The van der Waals surface area contributed by atoms with Crippen LogP contribution in [-0.2, 0) is 4.79 Å². The fraction of sp³-hybridized carbons (Fsp3) is 0.300. The van der Waals surface area contributed by atoms with E-state index in [1.165, 1.54) is 14.0 Å². The van der Waals surface area contributed by atoms with Crippen molar-refractivity contribution in [3.63, 3.8) is 0 Å². The van der Waals surface area contributed by atoms with Gasteiger partial charge in [-0.3, -0.25) is 4.79 Å². The summed E-state index contributed by atoms with van der Waals surface area (Å²) >= 11 is 0. The number of hydrogen-bond donors (Lipinski definition) is 1. The summed E-state index contributed by atoms with van der Waals surface area (Å²) in [4.78, 5) is 17.3. The summed E-state index contributed by atoms with van der Waals surface area (Å²) < 4.78 is 43.6. The highest BCUT2D eigenvalue weighted by atomic mass is 19.4. The monoisotopic (exact) mass is 391 g/mol. The number of alkyl halides is 3. The molecule has 1 amide bonds. The summed E-state index contributed by atoms with van der Waals surface area (Å²) in [6.45, 7) is 6.95. The molecule has 28 heavy (non-hydrogen) atoms. The third-order valence-corrected chi connectivity index (χ3v) is 4.80. The Balaban J connectivity index is 1.79. The van der Waals surface area contributed by atoms with Crippen molar-refractivity contribution in [3.05, 3.63) is 48.2 Å². The van der Waals surface area contributed by atoms with E-state index in [-0.39, 0.29) is 5.70 Å². The molecule has 0 aliphatic carbocycles. The molecule has 148 valence electrons. The van der Waals surface area contributed by atoms with Gasteiger partial charge in [-0.1, -0.05) is 30.8 Å². The molecule has 2 aromatic carbocycles. The third-order valence-electron chi connectivity index (χ3n) is 4.80. The zero-order valence-corrected chi connectivity index (χ0v) is 15.7. The van der Waals surface area contributed by atoms with Crippen LogP contribution in [0.2, 0.25) is 0 Å². The number of hydrogen-bond acceptors (Lipinski definition) is 3. The number of halogens is 3. The Hall–Kier alpha value is -3.03. The van der Waals surface area contributed by atoms with Gasteiger partial charge in [0, 0.05) is 5.39 Å². The number of rotatable bonds is 5. The molecule has 1 aliphatic heterocycles. The number of anilines is 1. The molecule has 1 heterocycles. The Morgan fingerprint density at radius 3 is 2.61 bits per heavy atom. The first-order valence-electron chi connectivity index (χ1n) is 8.60. The summed E-state index contributed by atoms with van der Waals surface area (Å²) in [5, 5.41) is 4.43. The highest BCUT2D eigenvalue weighted by Crippen LogP contribution is 2.40. The van der Waals surface area contributed by atoms with Gasteiger partial charge in [0.1, 0.15) is 17.5 Å². The number of carbonyl (C=O) groups is 1. The fourth-order valence-electron chi connectivity index (χ4n) is 3.17. The molecule has 1 unspecified atom stereocenters. The molecule has 0 aromatic heterocycles. The number of fused-ring (bicyclic) bond motifs is 1. The highest BCUT2D eigenvalue weighted by Gasteiger charge is 2.59. The minimum Gasteiger partial charge on any atom is -0.495 e. The molecule has 1 fully saturated rings. The standard InChI is InChI=1S/C20H20F3N3O2/c1-11-6-5-7-15-14(11)8-9-16(28-4)17(15)25-19(27)12(2)24-10-26-13(3)18(26)20(21,22)23/h5-10,13,18H,2H2,1,3-4H3,(H,25,27)/b24-10-/t13?,18-,26?/m1/s1. The van der Waals surface area contributed by atoms with Crippen molar-refractivity contribution in [3.8, 4) is 5.75 Å². The van der Waals surface area contributed by atoms with Gasteiger partial charge in [-0.05, 0) is 30.9 Å². The van der Waals surface area contributed by atoms with Crippen LogP contribution in [0.5, 0.6) is 5.75 Å². The van der Waals surface area contributed by atoms with E-state index < -0.39 is 24.2 Å². The summed E-state index contributed by atoms with van der Waals surface area (Å²) in [5.41, 5.74) is 1.28. The van der Waals surface area contributed by atoms with Gasteiger partial charge in [-0.25, -0.2) is 4.99 Å². The number of methoxy groups -OCH3 is 1. The predicted molar refractivity (Wildman–Crippen MR) is 103 cm³/mol. The molecular weight excluding hydrogens is 371 g/mol. The number of nitrogens with one attached hydrogen (secondary N) is 1. The maximum Gasteiger partial charge on any atom is 0.410 e. The molecule has 2 aromatic rings. The molecule has 1 saturated heterocycles. The second kappa shape index (κ2) is 7.18. The summed E-state index contributed by atoms with van der Waals surface area (Å²) in [6, 6.07) is 7.00. The van der Waals surface area contributed by atoms with Gasteiger partial charge < -0.3 is 15.0 Å². The number of aliphatic imine (C=N–C) groups is 1. The maximum atomic E-state index is 12.8. The number of benzene rings is 2. The van der Waals surface area contributed by atoms with Crippen LogP contribution < -0.4 is 10.1 Å². The molecule has 1 aliphatic rings. The average Bonchev–Trinajstić information content (AvgIpc) is 3.30. The molecule has 3 rings (SSSR count). The van der Waals surface area contributed by atoms with Gasteiger partial charge >= 0.3 is 6.18 Å². The first-order valence-corrected chi connectivity index (χ1v) is 8.60. The van der Waals surface area contributed by atoms with Crippen LogP contribution in [0, 0.1) is 6.92 Å². The lowest BCUT2D eigenvalue weighted by atomic mass is 10.0. The Morgan fingerprint density at radius 1 is 1.29 bits per heavy atom. The lowest BCUT2D eigenvalue weighted by Gasteiger charge is -2.14.